The second-order valence-electron chi connectivity index (χ2n) is 9.19. The summed E-state index contributed by atoms with van der Waals surface area (Å²) in [4.78, 5) is 25.6. The van der Waals surface area contributed by atoms with E-state index in [0.717, 1.165) is 43.4 Å². The van der Waals surface area contributed by atoms with Gasteiger partial charge in [-0.3, -0.25) is 19.4 Å². The number of nitrogens with one attached hydrogen (secondary N) is 2. The minimum Gasteiger partial charge on any atom is -0.494 e. The number of rotatable bonds is 7. The summed E-state index contributed by atoms with van der Waals surface area (Å²) in [6, 6.07) is 7.97. The van der Waals surface area contributed by atoms with Crippen molar-refractivity contribution in [1.82, 2.24) is 9.78 Å². The molecule has 1 aromatic heterocycles. The maximum Gasteiger partial charge on any atom is 0.270 e. The third-order valence-corrected chi connectivity index (χ3v) is 7.37. The summed E-state index contributed by atoms with van der Waals surface area (Å²) in [6.07, 6.45) is 4.92. The van der Waals surface area contributed by atoms with Gasteiger partial charge < -0.3 is 14.8 Å². The predicted molar refractivity (Wildman–Crippen MR) is 128 cm³/mol. The van der Waals surface area contributed by atoms with Gasteiger partial charge in [-0.1, -0.05) is 31.9 Å². The van der Waals surface area contributed by atoms with Crippen molar-refractivity contribution in [3.05, 3.63) is 45.7 Å². The smallest absolute Gasteiger partial charge is 0.270 e. The number of amides is 1. The molecule has 0 aliphatic carbocycles. The molecule has 3 heterocycles. The van der Waals surface area contributed by atoms with Crippen molar-refractivity contribution in [2.24, 2.45) is 0 Å². The Bertz CT molecular complexity index is 996. The van der Waals surface area contributed by atoms with E-state index < -0.39 is 0 Å². The van der Waals surface area contributed by atoms with Crippen molar-refractivity contribution in [2.75, 3.05) is 24.3 Å². The Balaban J connectivity index is 1.62. The largest absolute Gasteiger partial charge is 0.494 e. The van der Waals surface area contributed by atoms with Gasteiger partial charge in [-0.05, 0) is 50.8 Å². The molecule has 1 saturated heterocycles. The van der Waals surface area contributed by atoms with Crippen molar-refractivity contribution >= 4 is 23.5 Å². The predicted octanol–water partition coefficient (Wildman–Crippen LogP) is 4.65. The van der Waals surface area contributed by atoms with Crippen LogP contribution in [0, 0.1) is 0 Å². The molecule has 0 bridgehead atoms. The number of aromatic amines is 1. The monoisotopic (exact) mass is 459 g/mol. The summed E-state index contributed by atoms with van der Waals surface area (Å²) in [6.45, 7) is 7.62. The lowest BCUT2D eigenvalue weighted by molar-refractivity contribution is -0.113. The summed E-state index contributed by atoms with van der Waals surface area (Å²) >= 11 is 1.48. The third kappa shape index (κ3) is 5.07. The number of anilines is 1. The quantitative estimate of drug-likeness (QED) is 0.589. The van der Waals surface area contributed by atoms with Crippen LogP contribution in [0.25, 0.3) is 0 Å². The van der Waals surface area contributed by atoms with Gasteiger partial charge in [-0.25, -0.2) is 0 Å². The second-order valence-corrected chi connectivity index (χ2v) is 10.3. The number of hydrogen-bond donors (Lipinski definition) is 2. The van der Waals surface area contributed by atoms with E-state index >= 15 is 0 Å². The molecule has 4 rings (SSSR count). The Morgan fingerprint density at radius 3 is 2.72 bits per heavy atom. The van der Waals surface area contributed by atoms with Crippen LogP contribution < -0.4 is 15.6 Å². The zero-order valence-corrected chi connectivity index (χ0v) is 19.9. The molecule has 0 saturated carbocycles. The Hall–Kier alpha value is -2.19. The van der Waals surface area contributed by atoms with Crippen LogP contribution in [0.5, 0.6) is 5.75 Å². The molecule has 0 radical (unpaired) electrons. The van der Waals surface area contributed by atoms with Crippen LogP contribution in [0.4, 0.5) is 5.82 Å². The number of ether oxygens (including phenoxy) is 2. The SMILES string of the molecule is CCCCCOc1ccc([C@H]2SCC(=O)Nc3c2c(=O)[nH]n3[C@@H]2CCOC(C)(C)C2)cc1. The van der Waals surface area contributed by atoms with E-state index in [1.807, 2.05) is 28.9 Å². The van der Waals surface area contributed by atoms with Crippen molar-refractivity contribution in [3.8, 4) is 5.75 Å². The Morgan fingerprint density at radius 2 is 2.00 bits per heavy atom. The van der Waals surface area contributed by atoms with Crippen LogP contribution in [0.15, 0.2) is 29.1 Å². The first-order chi connectivity index (χ1) is 15.4. The number of hydrogen-bond acceptors (Lipinski definition) is 5. The van der Waals surface area contributed by atoms with Crippen LogP contribution in [-0.2, 0) is 9.53 Å². The van der Waals surface area contributed by atoms with Crippen LogP contribution in [0.2, 0.25) is 0 Å². The van der Waals surface area contributed by atoms with Crippen molar-refractivity contribution in [2.45, 2.75) is 69.8 Å². The molecule has 7 nitrogen and oxygen atoms in total. The number of fused-ring (bicyclic) bond motifs is 1. The van der Waals surface area contributed by atoms with E-state index in [4.69, 9.17) is 9.47 Å². The molecule has 1 fully saturated rings. The molecule has 1 amide bonds. The number of carbonyl (C=O) groups is 1. The molecular weight excluding hydrogens is 426 g/mol. The van der Waals surface area contributed by atoms with Gasteiger partial charge in [0, 0.05) is 6.61 Å². The van der Waals surface area contributed by atoms with Crippen LogP contribution in [-0.4, -0.2) is 40.3 Å². The first kappa shape index (κ1) is 23.0. The maximum atomic E-state index is 13.1. The molecule has 2 aliphatic heterocycles. The molecule has 0 unspecified atom stereocenters. The highest BCUT2D eigenvalue weighted by Gasteiger charge is 2.36. The Labute approximate surface area is 193 Å². The Kier molecular flexibility index (Phi) is 7.00. The van der Waals surface area contributed by atoms with Gasteiger partial charge in [0.1, 0.15) is 11.6 Å². The molecule has 2 aliphatic rings. The summed E-state index contributed by atoms with van der Waals surface area (Å²) in [5.41, 5.74) is 1.18. The minimum atomic E-state index is -0.271. The lowest BCUT2D eigenvalue weighted by atomic mass is 9.94. The van der Waals surface area contributed by atoms with Gasteiger partial charge in [0.2, 0.25) is 5.91 Å². The molecule has 1 aromatic carbocycles. The van der Waals surface area contributed by atoms with Crippen LogP contribution in [0.1, 0.15) is 75.3 Å². The van der Waals surface area contributed by atoms with Crippen molar-refractivity contribution in [3.63, 3.8) is 0 Å². The van der Waals surface area contributed by atoms with Gasteiger partial charge in [-0.2, -0.15) is 0 Å². The van der Waals surface area contributed by atoms with Crippen LogP contribution >= 0.6 is 11.8 Å². The minimum absolute atomic E-state index is 0.0677. The van der Waals surface area contributed by atoms with E-state index in [-0.39, 0.29) is 28.4 Å². The molecule has 174 valence electrons. The highest BCUT2D eigenvalue weighted by Crippen LogP contribution is 2.42. The van der Waals surface area contributed by atoms with Gasteiger partial charge in [-0.15, -0.1) is 11.8 Å². The fraction of sp³-hybridized carbons (Fsp3) is 0.583. The van der Waals surface area contributed by atoms with Crippen LogP contribution in [0.3, 0.4) is 0 Å². The van der Waals surface area contributed by atoms with Crippen molar-refractivity contribution < 1.29 is 14.3 Å². The average molecular weight is 460 g/mol. The van der Waals surface area contributed by atoms with Gasteiger partial charge in [0.25, 0.3) is 5.56 Å². The number of unbranched alkanes of at least 4 members (excludes halogenated alkanes) is 2. The van der Waals surface area contributed by atoms with Gasteiger partial charge in [0.15, 0.2) is 0 Å². The molecule has 2 N–H and O–H groups in total. The maximum absolute atomic E-state index is 13.1. The fourth-order valence-electron chi connectivity index (χ4n) is 4.48. The molecule has 0 spiro atoms. The van der Waals surface area contributed by atoms with E-state index in [0.29, 0.717) is 30.3 Å². The molecule has 2 aromatic rings. The topological polar surface area (TPSA) is 85.4 Å². The normalized spacial score (nSPS) is 22.7. The molecule has 2 atom stereocenters. The zero-order chi connectivity index (χ0) is 22.7. The standard InChI is InChI=1S/C24H33N3O4S/c1-4-5-6-12-30-18-9-7-16(8-10-18)21-20-22(25-19(28)15-32-21)27(26-23(20)29)17-11-13-31-24(2,3)14-17/h7-10,17,21H,4-6,11-15H2,1-3H3,(H,25,28)(H,26,29)/t17-,21-/m1/s1. The summed E-state index contributed by atoms with van der Waals surface area (Å²) in [5.74, 6) is 1.63. The van der Waals surface area contributed by atoms with E-state index in [2.05, 4.69) is 31.2 Å². The molecule has 8 heteroatoms. The zero-order valence-electron chi connectivity index (χ0n) is 19.1. The number of nitrogens with zero attached hydrogens (tertiary/aromatic N) is 1. The first-order valence-corrected chi connectivity index (χ1v) is 12.6. The van der Waals surface area contributed by atoms with Gasteiger partial charge in [0.05, 0.1) is 34.8 Å². The first-order valence-electron chi connectivity index (χ1n) is 11.5. The average Bonchev–Trinajstić information content (AvgIpc) is 2.96. The fourth-order valence-corrected chi connectivity index (χ4v) is 5.61. The number of carbonyl (C=O) groups excluding carboxylic acids is 1. The number of thioether (sulfide) groups is 1. The third-order valence-electron chi connectivity index (χ3n) is 6.10. The summed E-state index contributed by atoms with van der Waals surface area (Å²) < 4.78 is 13.5. The summed E-state index contributed by atoms with van der Waals surface area (Å²) in [7, 11) is 0. The summed E-state index contributed by atoms with van der Waals surface area (Å²) in [5, 5.41) is 5.78. The molecule has 32 heavy (non-hydrogen) atoms. The van der Waals surface area contributed by atoms with E-state index in [1.165, 1.54) is 11.8 Å². The lowest BCUT2D eigenvalue weighted by Gasteiger charge is -2.36. The van der Waals surface area contributed by atoms with Gasteiger partial charge >= 0.3 is 0 Å². The van der Waals surface area contributed by atoms with Crippen molar-refractivity contribution in [1.29, 1.82) is 0 Å². The van der Waals surface area contributed by atoms with E-state index in [1.54, 1.807) is 0 Å². The number of aromatic nitrogens is 2. The number of benzene rings is 1. The highest BCUT2D eigenvalue weighted by molar-refractivity contribution is 8.00. The lowest BCUT2D eigenvalue weighted by Crippen LogP contribution is -2.36. The molecular formula is C24H33N3O4S. The number of H-pyrrole nitrogens is 1. The van der Waals surface area contributed by atoms with E-state index in [9.17, 15) is 9.59 Å². The highest BCUT2D eigenvalue weighted by atomic mass is 32.2. The second kappa shape index (κ2) is 9.75. The Morgan fingerprint density at radius 1 is 1.22 bits per heavy atom.